The first-order chi connectivity index (χ1) is 6.97. The van der Waals surface area contributed by atoms with Crippen molar-refractivity contribution < 1.29 is 17.9 Å². The smallest absolute Gasteiger partial charge is 0.383 e. The molecule has 0 radical (unpaired) electrons. The molecule has 0 fully saturated rings. The first-order valence-electron chi connectivity index (χ1n) is 4.17. The van der Waals surface area contributed by atoms with E-state index in [2.05, 4.69) is 10.1 Å². The Labute approximate surface area is 90.0 Å². The number of ether oxygens (including phenoxy) is 1. The molecule has 0 spiro atoms. The molecule has 0 aliphatic heterocycles. The molecule has 0 saturated carbocycles. The minimum absolute atomic E-state index is 0.0693. The van der Waals surface area contributed by atoms with Gasteiger partial charge in [-0.1, -0.05) is 17.7 Å². The summed E-state index contributed by atoms with van der Waals surface area (Å²) in [7, 11) is 0. The van der Waals surface area contributed by atoms with E-state index < -0.39 is 13.0 Å². The van der Waals surface area contributed by atoms with E-state index in [1.54, 1.807) is 24.3 Å². The van der Waals surface area contributed by atoms with Crippen LogP contribution in [0.4, 0.5) is 18.9 Å². The zero-order valence-electron chi connectivity index (χ0n) is 7.64. The summed E-state index contributed by atoms with van der Waals surface area (Å²) in [4.78, 5) is 0. The zero-order chi connectivity index (χ0) is 11.3. The zero-order valence-corrected chi connectivity index (χ0v) is 8.40. The molecule has 0 heterocycles. The van der Waals surface area contributed by atoms with Crippen LogP contribution in [0.3, 0.4) is 0 Å². The molecule has 15 heavy (non-hydrogen) atoms. The molecule has 1 aromatic carbocycles. The highest BCUT2D eigenvalue weighted by molar-refractivity contribution is 6.30. The number of alkyl halides is 3. The number of halogens is 4. The van der Waals surface area contributed by atoms with Crippen LogP contribution in [0.1, 0.15) is 0 Å². The summed E-state index contributed by atoms with van der Waals surface area (Å²) >= 11 is 5.68. The third-order valence-electron chi connectivity index (χ3n) is 1.52. The highest BCUT2D eigenvalue weighted by atomic mass is 35.5. The Morgan fingerprint density at radius 3 is 2.67 bits per heavy atom. The maximum atomic E-state index is 11.6. The monoisotopic (exact) mass is 239 g/mol. The lowest BCUT2D eigenvalue weighted by Crippen LogP contribution is -2.19. The molecule has 1 rings (SSSR count). The normalized spacial score (nSPS) is 11.5. The van der Waals surface area contributed by atoms with Crippen LogP contribution < -0.4 is 5.32 Å². The van der Waals surface area contributed by atoms with E-state index in [4.69, 9.17) is 11.6 Å². The van der Waals surface area contributed by atoms with Crippen molar-refractivity contribution >= 4 is 17.3 Å². The van der Waals surface area contributed by atoms with Crippen molar-refractivity contribution in [2.24, 2.45) is 0 Å². The van der Waals surface area contributed by atoms with E-state index in [1.807, 2.05) is 0 Å². The second kappa shape index (κ2) is 5.23. The number of hydrogen-bond donors (Lipinski definition) is 1. The highest BCUT2D eigenvalue weighted by Gasteiger charge is 2.28. The van der Waals surface area contributed by atoms with Crippen molar-refractivity contribution in [3.05, 3.63) is 29.3 Å². The van der Waals surface area contributed by atoms with Crippen molar-refractivity contribution in [2.75, 3.05) is 18.5 Å². The van der Waals surface area contributed by atoms with Gasteiger partial charge in [-0.15, -0.1) is 13.2 Å². The van der Waals surface area contributed by atoms with E-state index in [9.17, 15) is 13.2 Å². The van der Waals surface area contributed by atoms with E-state index in [0.29, 0.717) is 10.7 Å². The third kappa shape index (κ3) is 5.49. The van der Waals surface area contributed by atoms with Gasteiger partial charge in [0.1, 0.15) is 0 Å². The quantitative estimate of drug-likeness (QED) is 0.814. The lowest BCUT2D eigenvalue weighted by Gasteiger charge is -2.09. The van der Waals surface area contributed by atoms with Crippen LogP contribution in [-0.4, -0.2) is 19.5 Å². The van der Waals surface area contributed by atoms with Gasteiger partial charge in [-0.2, -0.15) is 0 Å². The minimum atomic E-state index is -4.57. The van der Waals surface area contributed by atoms with Gasteiger partial charge >= 0.3 is 6.36 Å². The Bertz CT molecular complexity index is 316. The topological polar surface area (TPSA) is 21.3 Å². The summed E-state index contributed by atoms with van der Waals surface area (Å²) < 4.78 is 38.3. The average Bonchev–Trinajstić information content (AvgIpc) is 2.11. The average molecular weight is 240 g/mol. The van der Waals surface area contributed by atoms with E-state index >= 15 is 0 Å². The van der Waals surface area contributed by atoms with Crippen molar-refractivity contribution in [3.63, 3.8) is 0 Å². The molecule has 0 bridgehead atoms. The first kappa shape index (κ1) is 12.1. The number of benzene rings is 1. The van der Waals surface area contributed by atoms with Crippen LogP contribution in [0, 0.1) is 0 Å². The van der Waals surface area contributed by atoms with Gasteiger partial charge < -0.3 is 5.32 Å². The molecule has 2 nitrogen and oxygen atoms in total. The fourth-order valence-electron chi connectivity index (χ4n) is 0.961. The molecule has 0 aliphatic rings. The second-order valence-electron chi connectivity index (χ2n) is 2.73. The van der Waals surface area contributed by atoms with Crippen molar-refractivity contribution in [1.82, 2.24) is 0 Å². The van der Waals surface area contributed by atoms with Crippen molar-refractivity contribution in [1.29, 1.82) is 0 Å². The number of hydrogen-bond acceptors (Lipinski definition) is 2. The molecule has 0 aliphatic carbocycles. The first-order valence-corrected chi connectivity index (χ1v) is 4.55. The van der Waals surface area contributed by atoms with Gasteiger partial charge in [0, 0.05) is 17.3 Å². The molecule has 0 amide bonds. The molecule has 84 valence electrons. The Hall–Kier alpha value is -0.940. The van der Waals surface area contributed by atoms with Gasteiger partial charge in [0.2, 0.25) is 0 Å². The lowest BCUT2D eigenvalue weighted by molar-refractivity contribution is -0.322. The van der Waals surface area contributed by atoms with Crippen molar-refractivity contribution in [3.8, 4) is 0 Å². The van der Waals surface area contributed by atoms with Crippen molar-refractivity contribution in [2.45, 2.75) is 6.36 Å². The molecular formula is C9H9ClF3NO. The summed E-state index contributed by atoms with van der Waals surface area (Å²) in [5.74, 6) is 0. The Balaban J connectivity index is 2.26. The molecular weight excluding hydrogens is 231 g/mol. The summed E-state index contributed by atoms with van der Waals surface area (Å²) in [6.07, 6.45) is -4.57. The molecule has 0 unspecified atom stereocenters. The number of anilines is 1. The predicted molar refractivity (Wildman–Crippen MR) is 51.9 cm³/mol. The summed E-state index contributed by atoms with van der Waals surface area (Å²) in [6, 6.07) is 6.71. The maximum absolute atomic E-state index is 11.6. The van der Waals surface area contributed by atoms with Gasteiger partial charge in [-0.25, -0.2) is 0 Å². The summed E-state index contributed by atoms with van der Waals surface area (Å²) in [5, 5.41) is 3.27. The maximum Gasteiger partial charge on any atom is 0.522 e. The molecule has 1 aromatic rings. The predicted octanol–water partition coefficient (Wildman–Crippen LogP) is 3.29. The number of rotatable bonds is 4. The van der Waals surface area contributed by atoms with Crippen LogP contribution in [0.2, 0.25) is 5.02 Å². The largest absolute Gasteiger partial charge is 0.522 e. The Morgan fingerprint density at radius 1 is 1.33 bits per heavy atom. The lowest BCUT2D eigenvalue weighted by atomic mass is 10.3. The Morgan fingerprint density at radius 2 is 2.07 bits per heavy atom. The van der Waals surface area contributed by atoms with Gasteiger partial charge in [0.15, 0.2) is 0 Å². The molecule has 1 N–H and O–H groups in total. The summed E-state index contributed by atoms with van der Waals surface area (Å²) in [5.41, 5.74) is 0.660. The minimum Gasteiger partial charge on any atom is -0.383 e. The van der Waals surface area contributed by atoms with Crippen LogP contribution >= 0.6 is 11.6 Å². The van der Waals surface area contributed by atoms with Crippen LogP contribution in [0.25, 0.3) is 0 Å². The van der Waals surface area contributed by atoms with Gasteiger partial charge in [0.05, 0.1) is 6.61 Å². The molecule has 0 atom stereocenters. The summed E-state index contributed by atoms with van der Waals surface area (Å²) in [6.45, 7) is -0.365. The standard InChI is InChI=1S/C9H9ClF3NO/c10-7-2-1-3-8(6-7)14-4-5-15-9(11,12)13/h1-3,6,14H,4-5H2. The molecule has 6 heteroatoms. The van der Waals surface area contributed by atoms with E-state index in [1.165, 1.54) is 0 Å². The van der Waals surface area contributed by atoms with Crippen LogP contribution in [0.5, 0.6) is 0 Å². The molecule has 0 aromatic heterocycles. The van der Waals surface area contributed by atoms with Gasteiger partial charge in [-0.3, -0.25) is 4.74 Å². The SMILES string of the molecule is FC(F)(F)OCCNc1cccc(Cl)c1. The fraction of sp³-hybridized carbons (Fsp3) is 0.333. The molecule has 0 saturated heterocycles. The number of nitrogens with one attached hydrogen (secondary N) is 1. The third-order valence-corrected chi connectivity index (χ3v) is 1.76. The highest BCUT2D eigenvalue weighted by Crippen LogP contribution is 2.16. The second-order valence-corrected chi connectivity index (χ2v) is 3.17. The van der Waals surface area contributed by atoms with E-state index in [-0.39, 0.29) is 6.54 Å². The Kier molecular flexibility index (Phi) is 4.23. The van der Waals surface area contributed by atoms with Gasteiger partial charge in [0.25, 0.3) is 0 Å². The fourth-order valence-corrected chi connectivity index (χ4v) is 1.15. The van der Waals surface area contributed by atoms with Gasteiger partial charge in [-0.05, 0) is 18.2 Å². The van der Waals surface area contributed by atoms with Crippen LogP contribution in [0.15, 0.2) is 24.3 Å². The van der Waals surface area contributed by atoms with Crippen LogP contribution in [-0.2, 0) is 4.74 Å². The van der Waals surface area contributed by atoms with E-state index in [0.717, 1.165) is 0 Å².